The van der Waals surface area contributed by atoms with Gasteiger partial charge < -0.3 is 10.4 Å². The van der Waals surface area contributed by atoms with E-state index in [2.05, 4.69) is 49.5 Å². The van der Waals surface area contributed by atoms with Gasteiger partial charge >= 0.3 is 0 Å². The number of benzene rings is 1. The van der Waals surface area contributed by atoms with Gasteiger partial charge in [0, 0.05) is 11.3 Å². The molecule has 1 aromatic carbocycles. The second kappa shape index (κ2) is 9.40. The predicted octanol–water partition coefficient (Wildman–Crippen LogP) is 3.45. The van der Waals surface area contributed by atoms with Crippen molar-refractivity contribution in [1.29, 1.82) is 0 Å². The molecule has 1 atom stereocenters. The minimum Gasteiger partial charge on any atom is -0.394 e. The Morgan fingerprint density at radius 1 is 1.26 bits per heavy atom. The smallest absolute Gasteiger partial charge is 0.0610 e. The van der Waals surface area contributed by atoms with Crippen molar-refractivity contribution in [2.24, 2.45) is 0 Å². The molecule has 0 radical (unpaired) electrons. The summed E-state index contributed by atoms with van der Waals surface area (Å²) in [4.78, 5) is 0. The molecule has 0 aliphatic heterocycles. The summed E-state index contributed by atoms with van der Waals surface area (Å²) in [6.07, 6.45) is 3.29. The van der Waals surface area contributed by atoms with Gasteiger partial charge in [-0.25, -0.2) is 0 Å². The van der Waals surface area contributed by atoms with E-state index in [4.69, 9.17) is 0 Å². The molecule has 0 aromatic heterocycles. The molecule has 0 bridgehead atoms. The highest BCUT2D eigenvalue weighted by molar-refractivity contribution is 7.98. The first-order valence-electron chi connectivity index (χ1n) is 7.18. The van der Waals surface area contributed by atoms with E-state index in [1.54, 1.807) is 0 Å². The summed E-state index contributed by atoms with van der Waals surface area (Å²) in [5, 5.41) is 12.9. The molecule has 0 heterocycles. The first-order chi connectivity index (χ1) is 9.20. The van der Waals surface area contributed by atoms with E-state index < -0.39 is 0 Å². The van der Waals surface area contributed by atoms with Crippen LogP contribution in [0.4, 0.5) is 0 Å². The number of thioether (sulfide) groups is 1. The monoisotopic (exact) mass is 281 g/mol. The summed E-state index contributed by atoms with van der Waals surface area (Å²) >= 11 is 1.97. The van der Waals surface area contributed by atoms with E-state index in [9.17, 15) is 5.11 Å². The van der Waals surface area contributed by atoms with Gasteiger partial charge in [0.15, 0.2) is 0 Å². The van der Waals surface area contributed by atoms with Gasteiger partial charge in [-0.05, 0) is 44.0 Å². The van der Waals surface area contributed by atoms with Crippen LogP contribution in [-0.4, -0.2) is 29.5 Å². The van der Waals surface area contributed by atoms with Crippen LogP contribution in [0.25, 0.3) is 0 Å². The van der Waals surface area contributed by atoms with Crippen molar-refractivity contribution >= 4 is 11.8 Å². The summed E-state index contributed by atoms with van der Waals surface area (Å²) < 4.78 is 0. The molecular formula is C16H27NOS. The van der Waals surface area contributed by atoms with Crippen LogP contribution in [0.5, 0.6) is 0 Å². The van der Waals surface area contributed by atoms with Crippen LogP contribution in [0.3, 0.4) is 0 Å². The molecule has 0 saturated carbocycles. The van der Waals surface area contributed by atoms with Gasteiger partial charge in [-0.15, -0.1) is 0 Å². The number of nitrogens with one attached hydrogen (secondary N) is 1. The Labute approximate surface area is 122 Å². The molecule has 0 fully saturated rings. The van der Waals surface area contributed by atoms with Crippen LogP contribution in [-0.2, 0) is 5.75 Å². The maximum absolute atomic E-state index is 9.48. The molecule has 1 unspecified atom stereocenters. The number of aliphatic hydroxyl groups is 1. The van der Waals surface area contributed by atoms with Gasteiger partial charge in [0.05, 0.1) is 6.61 Å². The fourth-order valence-corrected chi connectivity index (χ4v) is 2.90. The first-order valence-corrected chi connectivity index (χ1v) is 8.33. The first kappa shape index (κ1) is 16.5. The zero-order valence-corrected chi connectivity index (χ0v) is 13.0. The molecule has 0 aliphatic carbocycles. The van der Waals surface area contributed by atoms with Crippen molar-refractivity contribution in [1.82, 2.24) is 5.32 Å². The molecular weight excluding hydrogens is 254 g/mol. The van der Waals surface area contributed by atoms with Crippen molar-refractivity contribution in [2.45, 2.75) is 44.4 Å². The van der Waals surface area contributed by atoms with Crippen LogP contribution in [0.15, 0.2) is 30.3 Å². The Hall–Kier alpha value is -0.510. The maximum atomic E-state index is 9.48. The van der Waals surface area contributed by atoms with E-state index >= 15 is 0 Å². The lowest BCUT2D eigenvalue weighted by Crippen LogP contribution is -2.46. The Bertz CT molecular complexity index is 331. The summed E-state index contributed by atoms with van der Waals surface area (Å²) in [5.74, 6) is 2.23. The van der Waals surface area contributed by atoms with Crippen molar-refractivity contribution in [3.05, 3.63) is 35.9 Å². The molecule has 0 spiro atoms. The van der Waals surface area contributed by atoms with E-state index in [0.717, 1.165) is 37.3 Å². The topological polar surface area (TPSA) is 32.3 Å². The van der Waals surface area contributed by atoms with Gasteiger partial charge in [0.25, 0.3) is 0 Å². The zero-order chi connectivity index (χ0) is 14.0. The SMILES string of the molecule is CCCNC(C)(CO)CCCSCc1ccccc1. The Morgan fingerprint density at radius 2 is 2.00 bits per heavy atom. The average molecular weight is 281 g/mol. The molecule has 1 rings (SSSR count). The third kappa shape index (κ3) is 7.00. The summed E-state index contributed by atoms with van der Waals surface area (Å²) in [7, 11) is 0. The van der Waals surface area contributed by atoms with E-state index in [1.807, 2.05) is 11.8 Å². The normalized spacial score (nSPS) is 14.3. The van der Waals surface area contributed by atoms with Crippen molar-refractivity contribution in [3.63, 3.8) is 0 Å². The standard InChI is InChI=1S/C16H27NOS/c1-3-11-17-16(2,14-18)10-7-12-19-13-15-8-5-4-6-9-15/h4-6,8-9,17-18H,3,7,10-14H2,1-2H3. The Morgan fingerprint density at radius 3 is 2.63 bits per heavy atom. The second-order valence-corrected chi connectivity index (χ2v) is 6.39. The van der Waals surface area contributed by atoms with Crippen molar-refractivity contribution in [3.8, 4) is 0 Å². The highest BCUT2D eigenvalue weighted by Gasteiger charge is 2.21. The molecule has 0 aliphatic rings. The van der Waals surface area contributed by atoms with Crippen LogP contribution in [0, 0.1) is 0 Å². The average Bonchev–Trinajstić information content (AvgIpc) is 2.46. The van der Waals surface area contributed by atoms with Crippen LogP contribution in [0.1, 0.15) is 38.7 Å². The van der Waals surface area contributed by atoms with Crippen LogP contribution < -0.4 is 5.32 Å². The molecule has 2 N–H and O–H groups in total. The Balaban J connectivity index is 2.15. The fraction of sp³-hybridized carbons (Fsp3) is 0.625. The van der Waals surface area contributed by atoms with Crippen molar-refractivity contribution < 1.29 is 5.11 Å². The lowest BCUT2D eigenvalue weighted by atomic mass is 9.97. The highest BCUT2D eigenvalue weighted by atomic mass is 32.2. The highest BCUT2D eigenvalue weighted by Crippen LogP contribution is 2.17. The summed E-state index contributed by atoms with van der Waals surface area (Å²) in [6.45, 7) is 5.47. The quantitative estimate of drug-likeness (QED) is 0.644. The number of aliphatic hydroxyl groups excluding tert-OH is 1. The molecule has 3 heteroatoms. The van der Waals surface area contributed by atoms with Crippen molar-refractivity contribution in [2.75, 3.05) is 18.9 Å². The molecule has 2 nitrogen and oxygen atoms in total. The van der Waals surface area contributed by atoms with Gasteiger partial charge in [0.2, 0.25) is 0 Å². The largest absolute Gasteiger partial charge is 0.394 e. The van der Waals surface area contributed by atoms with E-state index in [0.29, 0.717) is 0 Å². The third-order valence-corrected chi connectivity index (χ3v) is 4.39. The molecule has 108 valence electrons. The number of hydrogen-bond acceptors (Lipinski definition) is 3. The van der Waals surface area contributed by atoms with Crippen LogP contribution >= 0.6 is 11.8 Å². The minimum atomic E-state index is -0.108. The number of rotatable bonds is 10. The maximum Gasteiger partial charge on any atom is 0.0610 e. The predicted molar refractivity (Wildman–Crippen MR) is 85.6 cm³/mol. The minimum absolute atomic E-state index is 0.108. The Kier molecular flexibility index (Phi) is 8.19. The lowest BCUT2D eigenvalue weighted by Gasteiger charge is -2.28. The second-order valence-electron chi connectivity index (χ2n) is 5.29. The lowest BCUT2D eigenvalue weighted by molar-refractivity contribution is 0.165. The molecule has 19 heavy (non-hydrogen) atoms. The third-order valence-electron chi connectivity index (χ3n) is 3.28. The zero-order valence-electron chi connectivity index (χ0n) is 12.2. The van der Waals surface area contributed by atoms with Gasteiger partial charge in [-0.1, -0.05) is 37.3 Å². The fourth-order valence-electron chi connectivity index (χ4n) is 1.98. The van der Waals surface area contributed by atoms with Gasteiger partial charge in [-0.3, -0.25) is 0 Å². The van der Waals surface area contributed by atoms with Gasteiger partial charge in [0.1, 0.15) is 0 Å². The molecule has 0 saturated heterocycles. The molecule has 1 aromatic rings. The number of hydrogen-bond donors (Lipinski definition) is 2. The van der Waals surface area contributed by atoms with E-state index in [-0.39, 0.29) is 12.1 Å². The summed E-state index contributed by atoms with van der Waals surface area (Å²) in [6, 6.07) is 10.6. The van der Waals surface area contributed by atoms with E-state index in [1.165, 1.54) is 5.56 Å². The van der Waals surface area contributed by atoms with Crippen LogP contribution in [0.2, 0.25) is 0 Å². The molecule has 0 amide bonds. The summed E-state index contributed by atoms with van der Waals surface area (Å²) in [5.41, 5.74) is 1.28. The van der Waals surface area contributed by atoms with Gasteiger partial charge in [-0.2, -0.15) is 11.8 Å².